The average molecular weight is 950 g/mol. The Morgan fingerprint density at radius 1 is 0.197 bits per heavy atom. The fourth-order valence-corrected chi connectivity index (χ4v) is 5.20. The van der Waals surface area contributed by atoms with Crippen molar-refractivity contribution in [2.75, 3.05) is 6.61 Å². The van der Waals surface area contributed by atoms with Gasteiger partial charge < -0.3 is 4.74 Å². The summed E-state index contributed by atoms with van der Waals surface area (Å²) >= 11 is 0. The van der Waals surface area contributed by atoms with E-state index in [0.29, 0.717) is 6.61 Å². The number of carbonyl (C=O) groups excluding carboxylic acids is 1. The molecule has 0 saturated carbocycles. The first-order valence-corrected chi connectivity index (χ1v) is 31.0. The molecule has 0 aliphatic heterocycles. The summed E-state index contributed by atoms with van der Waals surface area (Å²) in [5, 5.41) is 0. The van der Waals surface area contributed by atoms with Crippen molar-refractivity contribution in [3.8, 4) is 0 Å². The lowest BCUT2D eigenvalue weighted by molar-refractivity contribution is -0.140. The highest BCUT2D eigenvalue weighted by atomic mass is 16.5. The summed E-state index contributed by atoms with van der Waals surface area (Å²) in [5.41, 5.74) is 0. The van der Waals surface area contributed by atoms with Crippen LogP contribution >= 0.6 is 0 Å². The third-order valence-electron chi connectivity index (χ3n) is 9.92. The molecule has 0 fully saturated rings. The van der Waals surface area contributed by atoms with Crippen LogP contribution in [0.2, 0.25) is 0 Å². The van der Waals surface area contributed by atoms with Crippen molar-refractivity contribution in [3.05, 3.63) is 0 Å². The summed E-state index contributed by atoms with van der Waals surface area (Å²) < 4.78 is 4.40. The molecule has 0 rings (SSSR count). The van der Waals surface area contributed by atoms with Gasteiger partial charge in [0.15, 0.2) is 0 Å². The molecule has 416 valence electrons. The van der Waals surface area contributed by atoms with Gasteiger partial charge in [-0.25, -0.2) is 0 Å². The summed E-state index contributed by atoms with van der Waals surface area (Å²) in [4.78, 5) is 9.82. The summed E-state index contributed by atoms with van der Waals surface area (Å²) in [6.07, 6.45) is 55.4. The first kappa shape index (κ1) is 91.7. The van der Waals surface area contributed by atoms with Crippen LogP contribution in [-0.4, -0.2) is 12.6 Å². The highest BCUT2D eigenvalue weighted by molar-refractivity contribution is 5.65. The Kier molecular flexibility index (Phi) is 182. The van der Waals surface area contributed by atoms with E-state index in [1.54, 1.807) is 6.92 Å². The molecule has 0 N–H and O–H groups in total. The minimum absolute atomic E-state index is 0.211. The first-order chi connectivity index (χ1) is 31.9. The third kappa shape index (κ3) is 235. The number of esters is 1. The Hall–Kier alpha value is -0.530. The Balaban J connectivity index is -0.0000000560. The second kappa shape index (κ2) is 131. The van der Waals surface area contributed by atoms with Gasteiger partial charge in [0.1, 0.15) is 0 Å². The van der Waals surface area contributed by atoms with Gasteiger partial charge in [-0.05, 0) is 6.92 Å². The Labute approximate surface area is 429 Å². The van der Waals surface area contributed by atoms with E-state index in [0.717, 1.165) is 0 Å². The van der Waals surface area contributed by atoms with E-state index in [4.69, 9.17) is 0 Å². The van der Waals surface area contributed by atoms with Crippen molar-refractivity contribution in [1.82, 2.24) is 0 Å². The number of unbranched alkanes of at least 4 members (excludes halogenated alkanes) is 30. The van der Waals surface area contributed by atoms with Crippen LogP contribution in [0.15, 0.2) is 0 Å². The van der Waals surface area contributed by atoms with E-state index >= 15 is 0 Å². The van der Waals surface area contributed by atoms with Crippen molar-refractivity contribution < 1.29 is 9.53 Å². The number of hydrogen-bond acceptors (Lipinski definition) is 2. The molecule has 0 aromatic carbocycles. The van der Waals surface area contributed by atoms with Crippen molar-refractivity contribution in [1.29, 1.82) is 0 Å². The normalized spacial score (nSPS) is 8.88. The lowest BCUT2D eigenvalue weighted by Crippen LogP contribution is -1.95. The molecule has 0 heterocycles. The minimum Gasteiger partial charge on any atom is -0.466 e. The highest BCUT2D eigenvalue weighted by Gasteiger charge is 1.82. The van der Waals surface area contributed by atoms with Crippen LogP contribution in [0.3, 0.4) is 0 Å². The van der Waals surface area contributed by atoms with Crippen LogP contribution in [0.1, 0.15) is 409 Å². The number of rotatable bonds is 31. The van der Waals surface area contributed by atoms with Crippen molar-refractivity contribution >= 4 is 5.97 Å². The Bertz CT molecular complexity index is 372. The van der Waals surface area contributed by atoms with E-state index in [-0.39, 0.29) is 5.97 Å². The largest absolute Gasteiger partial charge is 0.466 e. The van der Waals surface area contributed by atoms with Crippen molar-refractivity contribution in [2.24, 2.45) is 0 Å². The van der Waals surface area contributed by atoms with E-state index in [2.05, 4.69) is 143 Å². The predicted molar refractivity (Wildman–Crippen MR) is 320 cm³/mol. The fraction of sp³-hybridized carbons (Fsp3) is 0.984. The molecule has 0 aromatic rings. The lowest BCUT2D eigenvalue weighted by Gasteiger charge is -1.89. The molecule has 2 nitrogen and oxygen atoms in total. The maximum absolute atomic E-state index is 9.82. The van der Waals surface area contributed by atoms with Crippen molar-refractivity contribution in [2.45, 2.75) is 409 Å². The van der Waals surface area contributed by atoms with Gasteiger partial charge in [0.05, 0.1) is 6.61 Å². The van der Waals surface area contributed by atoms with Gasteiger partial charge in [0.25, 0.3) is 0 Å². The zero-order chi connectivity index (χ0) is 53.3. The van der Waals surface area contributed by atoms with Gasteiger partial charge in [-0.1, -0.05) is 395 Å². The maximum Gasteiger partial charge on any atom is 0.302 e. The molecule has 66 heavy (non-hydrogen) atoms. The van der Waals surface area contributed by atoms with Crippen LogP contribution in [0.4, 0.5) is 0 Å². The molecule has 2 heteroatoms. The van der Waals surface area contributed by atoms with Crippen LogP contribution in [0.5, 0.6) is 0 Å². The standard InChI is InChI=1S/10C6H14.C4H8O2/c10*1-3-5-6-4-2;1-3-6-4(2)5/h10*3-6H2,1-2H3;3H2,1-2H3. The van der Waals surface area contributed by atoms with E-state index in [1.165, 1.54) is 264 Å². The molecule has 0 bridgehead atoms. The second-order valence-electron chi connectivity index (χ2n) is 18.0. The maximum atomic E-state index is 9.82. The van der Waals surface area contributed by atoms with Crippen LogP contribution in [0, 0.1) is 0 Å². The monoisotopic (exact) mass is 949 g/mol. The zero-order valence-electron chi connectivity index (χ0n) is 52.3. The quantitative estimate of drug-likeness (QED) is 0.0511. The molecular formula is C64H148O2. The van der Waals surface area contributed by atoms with Crippen LogP contribution in [0.25, 0.3) is 0 Å². The molecule has 0 unspecified atom stereocenters. The van der Waals surface area contributed by atoms with E-state index in [9.17, 15) is 4.79 Å². The molecular weight excluding hydrogens is 801 g/mol. The first-order valence-electron chi connectivity index (χ1n) is 31.0. The molecule has 0 aliphatic rings. The third-order valence-corrected chi connectivity index (χ3v) is 9.92. The summed E-state index contributed by atoms with van der Waals surface area (Å²) in [6, 6.07) is 0. The number of hydrogen-bond donors (Lipinski definition) is 0. The van der Waals surface area contributed by atoms with E-state index in [1.807, 2.05) is 0 Å². The number of carbonyl (C=O) groups is 1. The lowest BCUT2D eigenvalue weighted by atomic mass is 10.2. The zero-order valence-corrected chi connectivity index (χ0v) is 52.3. The van der Waals surface area contributed by atoms with Crippen LogP contribution in [-0.2, 0) is 9.53 Å². The average Bonchev–Trinajstić information content (AvgIpc) is 3.34. The SMILES string of the molecule is CCCCCC.CCCCCC.CCCCCC.CCCCCC.CCCCCC.CCCCCC.CCCCCC.CCCCCC.CCCCCC.CCCCCC.CCOC(C)=O. The predicted octanol–water partition coefficient (Wildman–Crippen LogP) is 26.4. The van der Waals surface area contributed by atoms with Crippen LogP contribution < -0.4 is 0 Å². The minimum atomic E-state index is -0.211. The molecule has 0 spiro atoms. The topological polar surface area (TPSA) is 26.3 Å². The summed E-state index contributed by atoms with van der Waals surface area (Å²) in [5.74, 6) is -0.211. The smallest absolute Gasteiger partial charge is 0.302 e. The van der Waals surface area contributed by atoms with Gasteiger partial charge in [-0.2, -0.15) is 0 Å². The molecule has 0 radical (unpaired) electrons. The van der Waals surface area contributed by atoms with E-state index < -0.39 is 0 Å². The molecule has 0 amide bonds. The molecule has 0 aliphatic carbocycles. The van der Waals surface area contributed by atoms with Gasteiger partial charge in [-0.15, -0.1) is 0 Å². The van der Waals surface area contributed by atoms with Crippen molar-refractivity contribution in [3.63, 3.8) is 0 Å². The van der Waals surface area contributed by atoms with Gasteiger partial charge in [0.2, 0.25) is 0 Å². The van der Waals surface area contributed by atoms with Gasteiger partial charge in [-0.3, -0.25) is 4.79 Å². The summed E-state index contributed by atoms with van der Waals surface area (Å²) in [6.45, 7) is 48.3. The van der Waals surface area contributed by atoms with Gasteiger partial charge >= 0.3 is 5.97 Å². The van der Waals surface area contributed by atoms with Gasteiger partial charge in [0, 0.05) is 6.92 Å². The molecule has 0 saturated heterocycles. The Morgan fingerprint density at radius 3 is 0.288 bits per heavy atom. The Morgan fingerprint density at radius 2 is 0.273 bits per heavy atom. The summed E-state index contributed by atoms with van der Waals surface area (Å²) in [7, 11) is 0. The number of ether oxygens (including phenoxy) is 1. The molecule has 0 atom stereocenters. The fourth-order valence-electron chi connectivity index (χ4n) is 5.20. The molecule has 0 aromatic heterocycles. The second-order valence-corrected chi connectivity index (χ2v) is 18.0. The highest BCUT2D eigenvalue weighted by Crippen LogP contribution is 2.00.